The number of nitrogens with zero attached hydrogens (tertiary/aromatic N) is 1. The van der Waals surface area contributed by atoms with Gasteiger partial charge in [0.1, 0.15) is 0 Å². The second-order valence-electron chi connectivity index (χ2n) is 5.65. The predicted octanol–water partition coefficient (Wildman–Crippen LogP) is 3.58. The molecule has 0 heterocycles. The molecule has 0 spiro atoms. The zero-order valence-corrected chi connectivity index (χ0v) is 13.4. The third-order valence-electron chi connectivity index (χ3n) is 3.23. The van der Waals surface area contributed by atoms with E-state index in [0.29, 0.717) is 11.6 Å². The molecule has 0 bridgehead atoms. The zero-order valence-electron chi connectivity index (χ0n) is 12.7. The molecule has 0 saturated heterocycles. The van der Waals surface area contributed by atoms with Crippen LogP contribution >= 0.6 is 11.6 Å². The number of halogens is 1. The van der Waals surface area contributed by atoms with Crippen LogP contribution in [0.4, 0.5) is 0 Å². The van der Waals surface area contributed by atoms with E-state index in [2.05, 4.69) is 0 Å². The number of carboxylic acid groups (broad SMARTS) is 1. The van der Waals surface area contributed by atoms with Gasteiger partial charge in [-0.1, -0.05) is 30.7 Å². The van der Waals surface area contributed by atoms with Gasteiger partial charge in [-0.05, 0) is 37.5 Å². The van der Waals surface area contributed by atoms with Crippen LogP contribution < -0.4 is 0 Å². The molecule has 0 fully saturated rings. The predicted molar refractivity (Wildman–Crippen MR) is 83.2 cm³/mol. The Hall–Kier alpha value is -1.55. The number of carboxylic acids is 1. The van der Waals surface area contributed by atoms with Gasteiger partial charge >= 0.3 is 5.97 Å². The lowest BCUT2D eigenvalue weighted by atomic mass is 10.0. The Labute approximate surface area is 130 Å². The van der Waals surface area contributed by atoms with Crippen LogP contribution in [0.2, 0.25) is 5.02 Å². The molecule has 0 aliphatic rings. The van der Waals surface area contributed by atoms with Crippen molar-refractivity contribution in [3.05, 3.63) is 34.9 Å². The van der Waals surface area contributed by atoms with E-state index in [1.54, 1.807) is 17.9 Å². The Morgan fingerprint density at radius 3 is 2.43 bits per heavy atom. The summed E-state index contributed by atoms with van der Waals surface area (Å²) in [5.41, 5.74) is 0.968. The van der Waals surface area contributed by atoms with Gasteiger partial charge in [-0.3, -0.25) is 9.59 Å². The average molecular weight is 312 g/mol. The molecule has 1 aromatic carbocycles. The number of carbonyl (C=O) groups excluding carboxylic acids is 1. The van der Waals surface area contributed by atoms with Crippen molar-refractivity contribution in [1.82, 2.24) is 4.90 Å². The molecule has 116 valence electrons. The van der Waals surface area contributed by atoms with Crippen LogP contribution in [0.15, 0.2) is 24.3 Å². The van der Waals surface area contributed by atoms with Gasteiger partial charge in [0.25, 0.3) is 0 Å². The minimum atomic E-state index is -0.874. The monoisotopic (exact) mass is 311 g/mol. The highest BCUT2D eigenvalue weighted by Gasteiger charge is 2.20. The van der Waals surface area contributed by atoms with Crippen LogP contribution in [0.25, 0.3) is 0 Å². The maximum absolute atomic E-state index is 12.4. The first-order chi connectivity index (χ1) is 9.79. The summed E-state index contributed by atoms with van der Waals surface area (Å²) in [5, 5.41) is 9.41. The lowest BCUT2D eigenvalue weighted by molar-refractivity contribution is -0.139. The van der Waals surface area contributed by atoms with E-state index in [0.717, 1.165) is 5.56 Å². The van der Waals surface area contributed by atoms with Crippen molar-refractivity contribution in [2.24, 2.45) is 5.92 Å². The highest BCUT2D eigenvalue weighted by molar-refractivity contribution is 6.30. The molecular weight excluding hydrogens is 290 g/mol. The van der Waals surface area contributed by atoms with Gasteiger partial charge in [0.2, 0.25) is 5.91 Å². The molecule has 4 nitrogen and oxygen atoms in total. The standard InChI is InChI=1S/C16H22ClNO3/c1-11(2)18(10-13-5-4-6-14(17)9-13)15(19)7-12(3)8-16(20)21/h4-6,9,11-12H,7-8,10H2,1-3H3,(H,20,21). The summed E-state index contributed by atoms with van der Waals surface area (Å²) in [5.74, 6) is -1.07. The van der Waals surface area contributed by atoms with Crippen LogP contribution in [-0.2, 0) is 16.1 Å². The van der Waals surface area contributed by atoms with Crippen LogP contribution in [0, 0.1) is 5.92 Å². The summed E-state index contributed by atoms with van der Waals surface area (Å²) in [6.45, 7) is 6.16. The molecular formula is C16H22ClNO3. The largest absolute Gasteiger partial charge is 0.481 e. The summed E-state index contributed by atoms with van der Waals surface area (Å²) >= 11 is 5.96. The number of benzene rings is 1. The summed E-state index contributed by atoms with van der Waals surface area (Å²) in [7, 11) is 0. The van der Waals surface area contributed by atoms with Gasteiger partial charge in [0.05, 0.1) is 0 Å². The molecule has 1 rings (SSSR count). The van der Waals surface area contributed by atoms with E-state index < -0.39 is 5.97 Å². The summed E-state index contributed by atoms with van der Waals surface area (Å²) in [6, 6.07) is 7.46. The number of hydrogen-bond acceptors (Lipinski definition) is 2. The van der Waals surface area contributed by atoms with E-state index in [1.807, 2.05) is 32.0 Å². The van der Waals surface area contributed by atoms with Gasteiger partial charge in [-0.25, -0.2) is 0 Å². The Kier molecular flexibility index (Phi) is 6.69. The van der Waals surface area contributed by atoms with E-state index >= 15 is 0 Å². The summed E-state index contributed by atoms with van der Waals surface area (Å²) in [6.07, 6.45) is 0.250. The maximum atomic E-state index is 12.4. The van der Waals surface area contributed by atoms with E-state index in [-0.39, 0.29) is 30.7 Å². The molecule has 1 amide bonds. The van der Waals surface area contributed by atoms with Gasteiger partial charge in [0.15, 0.2) is 0 Å². The van der Waals surface area contributed by atoms with Gasteiger partial charge < -0.3 is 10.0 Å². The number of amides is 1. The lowest BCUT2D eigenvalue weighted by Crippen LogP contribution is -2.37. The molecule has 1 unspecified atom stereocenters. The minimum Gasteiger partial charge on any atom is -0.481 e. The fraction of sp³-hybridized carbons (Fsp3) is 0.500. The quantitative estimate of drug-likeness (QED) is 0.837. The Morgan fingerprint density at radius 1 is 1.24 bits per heavy atom. The number of rotatable bonds is 7. The van der Waals surface area contributed by atoms with E-state index in [1.165, 1.54) is 0 Å². The van der Waals surface area contributed by atoms with Gasteiger partial charge in [-0.15, -0.1) is 0 Å². The highest BCUT2D eigenvalue weighted by atomic mass is 35.5. The molecule has 21 heavy (non-hydrogen) atoms. The van der Waals surface area contributed by atoms with Crippen molar-refractivity contribution >= 4 is 23.5 Å². The summed E-state index contributed by atoms with van der Waals surface area (Å²) < 4.78 is 0. The molecule has 0 aliphatic heterocycles. The number of hydrogen-bond donors (Lipinski definition) is 1. The van der Waals surface area contributed by atoms with Crippen LogP contribution in [-0.4, -0.2) is 27.9 Å². The molecule has 1 aromatic rings. The molecule has 1 atom stereocenters. The van der Waals surface area contributed by atoms with Crippen molar-refractivity contribution in [1.29, 1.82) is 0 Å². The minimum absolute atomic E-state index is 0.00877. The van der Waals surface area contributed by atoms with Crippen molar-refractivity contribution in [3.63, 3.8) is 0 Å². The van der Waals surface area contributed by atoms with Gasteiger partial charge in [-0.2, -0.15) is 0 Å². The fourth-order valence-electron chi connectivity index (χ4n) is 2.18. The smallest absolute Gasteiger partial charge is 0.303 e. The average Bonchev–Trinajstić information content (AvgIpc) is 2.34. The zero-order chi connectivity index (χ0) is 16.0. The first-order valence-corrected chi connectivity index (χ1v) is 7.43. The Morgan fingerprint density at radius 2 is 1.90 bits per heavy atom. The summed E-state index contributed by atoms with van der Waals surface area (Å²) in [4.78, 5) is 24.8. The third-order valence-corrected chi connectivity index (χ3v) is 3.47. The fourth-order valence-corrected chi connectivity index (χ4v) is 2.39. The molecule has 0 aromatic heterocycles. The molecule has 1 N–H and O–H groups in total. The van der Waals surface area contributed by atoms with Crippen molar-refractivity contribution < 1.29 is 14.7 Å². The van der Waals surface area contributed by atoms with Crippen molar-refractivity contribution in [2.45, 2.75) is 46.2 Å². The Balaban J connectivity index is 2.72. The third kappa shape index (κ3) is 6.17. The number of carbonyl (C=O) groups is 2. The normalized spacial score (nSPS) is 12.2. The van der Waals surface area contributed by atoms with E-state index in [9.17, 15) is 9.59 Å². The second-order valence-corrected chi connectivity index (χ2v) is 6.09. The molecule has 5 heteroatoms. The highest BCUT2D eigenvalue weighted by Crippen LogP contribution is 2.17. The number of aliphatic carboxylic acids is 1. The topological polar surface area (TPSA) is 57.6 Å². The second kappa shape index (κ2) is 8.03. The van der Waals surface area contributed by atoms with Crippen LogP contribution in [0.5, 0.6) is 0 Å². The first-order valence-electron chi connectivity index (χ1n) is 7.05. The van der Waals surface area contributed by atoms with Gasteiger partial charge in [0, 0.05) is 30.5 Å². The van der Waals surface area contributed by atoms with Crippen LogP contribution in [0.3, 0.4) is 0 Å². The SMILES string of the molecule is CC(CC(=O)O)CC(=O)N(Cc1cccc(Cl)c1)C(C)C. The first kappa shape index (κ1) is 17.5. The van der Waals surface area contributed by atoms with E-state index in [4.69, 9.17) is 16.7 Å². The lowest BCUT2D eigenvalue weighted by Gasteiger charge is -2.28. The Bertz CT molecular complexity index is 502. The van der Waals surface area contributed by atoms with Crippen molar-refractivity contribution in [2.75, 3.05) is 0 Å². The van der Waals surface area contributed by atoms with Crippen LogP contribution in [0.1, 0.15) is 39.2 Å². The maximum Gasteiger partial charge on any atom is 0.303 e. The van der Waals surface area contributed by atoms with Crippen molar-refractivity contribution in [3.8, 4) is 0 Å². The molecule has 0 radical (unpaired) electrons. The molecule has 0 saturated carbocycles. The molecule has 0 aliphatic carbocycles.